The number of fused-ring (bicyclic) bond motifs is 1. The lowest BCUT2D eigenvalue weighted by atomic mass is 10.2. The molecule has 0 fully saturated rings. The number of benzene rings is 1. The van der Waals surface area contributed by atoms with Gasteiger partial charge in [0.05, 0.1) is 16.6 Å². The van der Waals surface area contributed by atoms with Crippen LogP contribution in [0.15, 0.2) is 40.4 Å². The Kier molecular flexibility index (Phi) is 3.37. The zero-order chi connectivity index (χ0) is 14.1. The van der Waals surface area contributed by atoms with Crippen LogP contribution in [0.4, 0.5) is 11.5 Å². The second kappa shape index (κ2) is 5.18. The summed E-state index contributed by atoms with van der Waals surface area (Å²) in [6.45, 7) is 0. The lowest BCUT2D eigenvalue weighted by Gasteiger charge is -2.09. The number of aromatic carboxylic acids is 1. The van der Waals surface area contributed by atoms with Gasteiger partial charge in [0.2, 0.25) is 0 Å². The number of carboxylic acid groups (broad SMARTS) is 1. The summed E-state index contributed by atoms with van der Waals surface area (Å²) in [6, 6.07) is 6.74. The normalized spacial score (nSPS) is 10.7. The summed E-state index contributed by atoms with van der Waals surface area (Å²) in [5.74, 6) is -0.264. The zero-order valence-corrected chi connectivity index (χ0v) is 12.4. The van der Waals surface area contributed by atoms with Crippen LogP contribution in [0.5, 0.6) is 0 Å². The minimum absolute atomic E-state index is 0.228. The Balaban J connectivity index is 1.99. The van der Waals surface area contributed by atoms with E-state index in [2.05, 4.69) is 31.2 Å². The largest absolute Gasteiger partial charge is 0.478 e. The molecule has 0 saturated heterocycles. The molecule has 3 aromatic rings. The van der Waals surface area contributed by atoms with Crippen molar-refractivity contribution < 1.29 is 9.90 Å². The fraction of sp³-hybridized carbons (Fsp3) is 0. The lowest BCUT2D eigenvalue weighted by Crippen LogP contribution is -1.99. The average Bonchev–Trinajstić information content (AvgIpc) is 2.90. The maximum absolute atomic E-state index is 10.9. The molecule has 0 bridgehead atoms. The monoisotopic (exact) mass is 349 g/mol. The maximum Gasteiger partial charge on any atom is 0.335 e. The molecule has 3 rings (SSSR count). The van der Waals surface area contributed by atoms with E-state index in [-0.39, 0.29) is 5.56 Å². The van der Waals surface area contributed by atoms with E-state index in [9.17, 15) is 4.79 Å². The molecular weight excluding hydrogens is 342 g/mol. The highest BCUT2D eigenvalue weighted by Crippen LogP contribution is 2.30. The van der Waals surface area contributed by atoms with E-state index in [1.807, 2.05) is 11.4 Å². The van der Waals surface area contributed by atoms with Gasteiger partial charge in [0.15, 0.2) is 0 Å². The molecule has 0 atom stereocenters. The van der Waals surface area contributed by atoms with Crippen LogP contribution >= 0.6 is 27.3 Å². The minimum atomic E-state index is -0.959. The summed E-state index contributed by atoms with van der Waals surface area (Å²) >= 11 is 4.90. The number of nitrogens with one attached hydrogen (secondary N) is 1. The number of nitrogens with zero attached hydrogens (tertiary/aromatic N) is 2. The highest BCUT2D eigenvalue weighted by atomic mass is 79.9. The fourth-order valence-corrected chi connectivity index (χ4v) is 2.98. The Morgan fingerprint density at radius 2 is 2.15 bits per heavy atom. The van der Waals surface area contributed by atoms with E-state index in [1.165, 1.54) is 6.33 Å². The highest BCUT2D eigenvalue weighted by Gasteiger charge is 2.09. The minimum Gasteiger partial charge on any atom is -0.478 e. The SMILES string of the molecule is O=C(O)c1ccc(Nc2ncnc3sccc23)c(Br)c1. The van der Waals surface area contributed by atoms with E-state index in [0.717, 1.165) is 15.9 Å². The fourth-order valence-electron chi connectivity index (χ4n) is 1.77. The number of carbonyl (C=O) groups is 1. The predicted octanol–water partition coefficient (Wildman–Crippen LogP) is 3.90. The third kappa shape index (κ3) is 2.37. The van der Waals surface area contributed by atoms with Gasteiger partial charge in [-0.25, -0.2) is 14.8 Å². The molecule has 0 aliphatic heterocycles. The molecule has 2 N–H and O–H groups in total. The van der Waals surface area contributed by atoms with Gasteiger partial charge in [-0.2, -0.15) is 0 Å². The molecule has 2 aromatic heterocycles. The van der Waals surface area contributed by atoms with Crippen molar-refractivity contribution in [3.8, 4) is 0 Å². The number of hydrogen-bond donors (Lipinski definition) is 2. The highest BCUT2D eigenvalue weighted by molar-refractivity contribution is 9.10. The summed E-state index contributed by atoms with van der Waals surface area (Å²) in [4.78, 5) is 20.2. The van der Waals surface area contributed by atoms with Crippen LogP contribution in [0.25, 0.3) is 10.2 Å². The summed E-state index contributed by atoms with van der Waals surface area (Å²) in [5, 5.41) is 15.0. The van der Waals surface area contributed by atoms with E-state index in [0.29, 0.717) is 10.3 Å². The number of hydrogen-bond acceptors (Lipinski definition) is 5. The van der Waals surface area contributed by atoms with Crippen molar-refractivity contribution in [3.63, 3.8) is 0 Å². The molecule has 1 aromatic carbocycles. The predicted molar refractivity (Wildman–Crippen MR) is 81.8 cm³/mol. The van der Waals surface area contributed by atoms with Gasteiger partial charge in [-0.1, -0.05) is 0 Å². The Labute approximate surface area is 126 Å². The zero-order valence-electron chi connectivity index (χ0n) is 10.0. The average molecular weight is 350 g/mol. The number of anilines is 2. The topological polar surface area (TPSA) is 75.1 Å². The lowest BCUT2D eigenvalue weighted by molar-refractivity contribution is 0.0697. The second-order valence-electron chi connectivity index (χ2n) is 3.99. The van der Waals surface area contributed by atoms with Crippen molar-refractivity contribution in [1.29, 1.82) is 0 Å². The summed E-state index contributed by atoms with van der Waals surface area (Å²) in [6.07, 6.45) is 1.50. The van der Waals surface area contributed by atoms with Gasteiger partial charge in [-0.05, 0) is 45.6 Å². The molecule has 7 heteroatoms. The molecule has 0 unspecified atom stereocenters. The molecule has 0 amide bonds. The van der Waals surface area contributed by atoms with Gasteiger partial charge < -0.3 is 10.4 Å². The van der Waals surface area contributed by atoms with Gasteiger partial charge in [0.1, 0.15) is 17.0 Å². The smallest absolute Gasteiger partial charge is 0.335 e. The number of thiophene rings is 1. The third-order valence-corrected chi connectivity index (χ3v) is 4.21. The van der Waals surface area contributed by atoms with Crippen LogP contribution in [0.1, 0.15) is 10.4 Å². The van der Waals surface area contributed by atoms with Crippen molar-refractivity contribution in [2.75, 3.05) is 5.32 Å². The van der Waals surface area contributed by atoms with Gasteiger partial charge in [-0.3, -0.25) is 0 Å². The van der Waals surface area contributed by atoms with Crippen molar-refractivity contribution in [3.05, 3.63) is 46.0 Å². The molecule has 0 aliphatic carbocycles. The van der Waals surface area contributed by atoms with Crippen molar-refractivity contribution in [1.82, 2.24) is 9.97 Å². The van der Waals surface area contributed by atoms with Gasteiger partial charge in [0.25, 0.3) is 0 Å². The Bertz CT molecular complexity index is 803. The van der Waals surface area contributed by atoms with Crippen molar-refractivity contribution in [2.24, 2.45) is 0 Å². The summed E-state index contributed by atoms with van der Waals surface area (Å²) in [5.41, 5.74) is 0.979. The first kappa shape index (κ1) is 13.0. The number of rotatable bonds is 3. The standard InChI is InChI=1S/C13H8BrN3O2S/c14-9-5-7(13(18)19)1-2-10(9)17-11-8-3-4-20-12(8)16-6-15-11/h1-6H,(H,18,19)(H,15,16,17). The third-order valence-electron chi connectivity index (χ3n) is 2.73. The summed E-state index contributed by atoms with van der Waals surface area (Å²) < 4.78 is 0.666. The molecule has 2 heterocycles. The molecule has 5 nitrogen and oxygen atoms in total. The molecule has 20 heavy (non-hydrogen) atoms. The molecule has 0 radical (unpaired) electrons. The van der Waals surface area contributed by atoms with Crippen LogP contribution < -0.4 is 5.32 Å². The molecular formula is C13H8BrN3O2S. The number of carboxylic acids is 1. The van der Waals surface area contributed by atoms with Crippen LogP contribution in [-0.4, -0.2) is 21.0 Å². The first-order valence-corrected chi connectivity index (χ1v) is 7.30. The first-order valence-electron chi connectivity index (χ1n) is 5.63. The molecule has 0 aliphatic rings. The van der Waals surface area contributed by atoms with Crippen LogP contribution in [0.3, 0.4) is 0 Å². The maximum atomic E-state index is 10.9. The Hall–Kier alpha value is -1.99. The van der Waals surface area contributed by atoms with Gasteiger partial charge in [-0.15, -0.1) is 11.3 Å². The van der Waals surface area contributed by atoms with Crippen LogP contribution in [0, 0.1) is 0 Å². The van der Waals surface area contributed by atoms with Gasteiger partial charge in [0, 0.05) is 4.47 Å². The molecule has 0 saturated carbocycles. The van der Waals surface area contributed by atoms with Crippen LogP contribution in [-0.2, 0) is 0 Å². The number of halogens is 1. The van der Waals surface area contributed by atoms with Crippen molar-refractivity contribution >= 4 is 55.0 Å². The first-order chi connectivity index (χ1) is 9.65. The van der Waals surface area contributed by atoms with E-state index in [4.69, 9.17) is 5.11 Å². The Morgan fingerprint density at radius 3 is 2.90 bits per heavy atom. The second-order valence-corrected chi connectivity index (χ2v) is 5.74. The molecule has 100 valence electrons. The number of aromatic nitrogens is 2. The molecule has 0 spiro atoms. The summed E-state index contributed by atoms with van der Waals surface area (Å²) in [7, 11) is 0. The van der Waals surface area contributed by atoms with Crippen molar-refractivity contribution in [2.45, 2.75) is 0 Å². The Morgan fingerprint density at radius 1 is 1.30 bits per heavy atom. The van der Waals surface area contributed by atoms with E-state index >= 15 is 0 Å². The quantitative estimate of drug-likeness (QED) is 0.749. The van der Waals surface area contributed by atoms with E-state index in [1.54, 1.807) is 29.5 Å². The van der Waals surface area contributed by atoms with Gasteiger partial charge >= 0.3 is 5.97 Å². The van der Waals surface area contributed by atoms with E-state index < -0.39 is 5.97 Å². The van der Waals surface area contributed by atoms with Crippen LogP contribution in [0.2, 0.25) is 0 Å².